The number of rotatable bonds is 1. The van der Waals surface area contributed by atoms with Crippen molar-refractivity contribution >= 4 is 6.29 Å². The van der Waals surface area contributed by atoms with Gasteiger partial charge in [0.2, 0.25) is 0 Å². The summed E-state index contributed by atoms with van der Waals surface area (Å²) in [6.45, 7) is 1.89. The van der Waals surface area contributed by atoms with Crippen molar-refractivity contribution in [2.24, 2.45) is 0 Å². The van der Waals surface area contributed by atoms with Crippen molar-refractivity contribution in [1.82, 2.24) is 0 Å². The second kappa shape index (κ2) is 8.24. The summed E-state index contributed by atoms with van der Waals surface area (Å²) in [5.74, 6) is 0. The molecule has 1 nitrogen and oxygen atoms in total. The number of benzene rings is 1. The van der Waals surface area contributed by atoms with Crippen LogP contribution in [0.5, 0.6) is 0 Å². The molecule has 0 unspecified atom stereocenters. The minimum Gasteiger partial charge on any atom is -0.376 e. The van der Waals surface area contributed by atoms with E-state index in [1.165, 1.54) is 0 Å². The van der Waals surface area contributed by atoms with Crippen LogP contribution in [0, 0.1) is 13.0 Å². The average molecular weight is 246 g/mol. The summed E-state index contributed by atoms with van der Waals surface area (Å²) in [6.07, 6.45) is 1.80. The SMILES string of the molecule is Cc1[c-]ccc([C-]=O)c1.[K+].[Y]. The van der Waals surface area contributed by atoms with E-state index in [1.54, 1.807) is 24.5 Å². The molecule has 1 radical (unpaired) electrons. The van der Waals surface area contributed by atoms with Crippen molar-refractivity contribution in [2.45, 2.75) is 6.92 Å². The van der Waals surface area contributed by atoms with Gasteiger partial charge in [0.05, 0.1) is 6.29 Å². The molecule has 0 bridgehead atoms. The van der Waals surface area contributed by atoms with Crippen molar-refractivity contribution < 1.29 is 88.9 Å². The number of carbonyl (C=O) groups excluding carboxylic acids is 1. The zero-order chi connectivity index (χ0) is 6.69. The average Bonchev–Trinajstić information content (AvgIpc) is 1.88. The molecule has 0 atom stereocenters. The maximum Gasteiger partial charge on any atom is 1.00 e. The molecular formula is C8H6KOY-. The molecular weight excluding hydrogens is 240 g/mol. The van der Waals surface area contributed by atoms with Crippen molar-refractivity contribution in [3.05, 3.63) is 35.4 Å². The molecule has 11 heavy (non-hydrogen) atoms. The maximum atomic E-state index is 10.0. The van der Waals surface area contributed by atoms with E-state index in [2.05, 4.69) is 6.07 Å². The summed E-state index contributed by atoms with van der Waals surface area (Å²) in [5.41, 5.74) is 1.56. The van der Waals surface area contributed by atoms with Crippen molar-refractivity contribution in [1.29, 1.82) is 0 Å². The van der Waals surface area contributed by atoms with Crippen LogP contribution in [0.3, 0.4) is 0 Å². The fourth-order valence-electron chi connectivity index (χ4n) is 0.649. The molecule has 49 valence electrons. The second-order valence-electron chi connectivity index (χ2n) is 1.86. The fraction of sp³-hybridized carbons (Fsp3) is 0.125. The largest absolute Gasteiger partial charge is 1.00 e. The Kier molecular flexibility index (Phi) is 11.3. The van der Waals surface area contributed by atoms with Crippen LogP contribution in [0.4, 0.5) is 0 Å². The monoisotopic (exact) mass is 246 g/mol. The molecule has 0 aliphatic carbocycles. The standard InChI is InChI=1S/C8H6O.K.Y/c1-7-3-2-4-8(5-7)6-9;;/h2,4-5H,1H3;;/q-2;+1;. The van der Waals surface area contributed by atoms with Gasteiger partial charge in [-0.15, -0.1) is 0 Å². The Morgan fingerprint density at radius 2 is 2.18 bits per heavy atom. The van der Waals surface area contributed by atoms with Gasteiger partial charge in [-0.05, 0) is 0 Å². The van der Waals surface area contributed by atoms with Gasteiger partial charge in [-0.25, -0.2) is 0 Å². The maximum absolute atomic E-state index is 10.0. The second-order valence-corrected chi connectivity index (χ2v) is 1.86. The van der Waals surface area contributed by atoms with Crippen LogP contribution in [0.25, 0.3) is 0 Å². The van der Waals surface area contributed by atoms with Gasteiger partial charge in [0.1, 0.15) is 0 Å². The Morgan fingerprint density at radius 1 is 1.55 bits per heavy atom. The molecule has 0 N–H and O–H groups in total. The van der Waals surface area contributed by atoms with Crippen LogP contribution in [-0.4, -0.2) is 6.29 Å². The van der Waals surface area contributed by atoms with Gasteiger partial charge < -0.3 is 4.79 Å². The number of aryl methyl sites for hydroxylation is 1. The molecule has 1 aromatic carbocycles. The molecule has 0 aliphatic heterocycles. The van der Waals surface area contributed by atoms with Gasteiger partial charge in [0.15, 0.2) is 0 Å². The number of hydrogen-bond donors (Lipinski definition) is 0. The third-order valence-electron chi connectivity index (χ3n) is 1.06. The van der Waals surface area contributed by atoms with Gasteiger partial charge in [-0.2, -0.15) is 35.4 Å². The first-order valence-corrected chi connectivity index (χ1v) is 2.69. The Hall–Kier alpha value is 1.63. The molecule has 1 aromatic rings. The molecule has 0 aromatic heterocycles. The molecule has 0 heterocycles. The van der Waals surface area contributed by atoms with E-state index >= 15 is 0 Å². The smallest absolute Gasteiger partial charge is 0.376 e. The van der Waals surface area contributed by atoms with Crippen molar-refractivity contribution in [2.75, 3.05) is 0 Å². The molecule has 3 heteroatoms. The zero-order valence-corrected chi connectivity index (χ0v) is 12.7. The molecule has 1 rings (SSSR count). The van der Waals surface area contributed by atoms with E-state index in [9.17, 15) is 4.79 Å². The van der Waals surface area contributed by atoms with Crippen LogP contribution in [0.2, 0.25) is 0 Å². The minimum absolute atomic E-state index is 0. The molecule has 0 aliphatic rings. The summed E-state index contributed by atoms with van der Waals surface area (Å²) in [7, 11) is 0. The summed E-state index contributed by atoms with van der Waals surface area (Å²) in [6, 6.07) is 8.07. The van der Waals surface area contributed by atoms with Gasteiger partial charge in [0.25, 0.3) is 0 Å². The third-order valence-corrected chi connectivity index (χ3v) is 1.06. The van der Waals surface area contributed by atoms with Crippen LogP contribution < -0.4 is 51.4 Å². The molecule has 0 spiro atoms. The summed E-state index contributed by atoms with van der Waals surface area (Å²) < 4.78 is 0. The minimum atomic E-state index is 0. The van der Waals surface area contributed by atoms with Crippen LogP contribution >= 0.6 is 0 Å². The van der Waals surface area contributed by atoms with Gasteiger partial charge in [-0.1, -0.05) is 6.92 Å². The topological polar surface area (TPSA) is 17.1 Å². The first-order chi connectivity index (χ1) is 4.33. The first kappa shape index (κ1) is 15.1. The Bertz CT molecular complexity index is 225. The first-order valence-electron chi connectivity index (χ1n) is 2.69. The Balaban J connectivity index is 0. The van der Waals surface area contributed by atoms with Gasteiger partial charge in [-0.3, -0.25) is 0 Å². The van der Waals surface area contributed by atoms with Crippen LogP contribution in [0.1, 0.15) is 11.1 Å². The molecule has 0 saturated carbocycles. The van der Waals surface area contributed by atoms with Gasteiger partial charge >= 0.3 is 51.4 Å². The zero-order valence-electron chi connectivity index (χ0n) is 6.72. The summed E-state index contributed by atoms with van der Waals surface area (Å²) in [5, 5.41) is 0. The fourth-order valence-corrected chi connectivity index (χ4v) is 0.649. The summed E-state index contributed by atoms with van der Waals surface area (Å²) in [4.78, 5) is 10.0. The predicted molar refractivity (Wildman–Crippen MR) is 34.8 cm³/mol. The van der Waals surface area contributed by atoms with E-state index in [0.717, 1.165) is 5.56 Å². The Labute approximate surface area is 135 Å². The van der Waals surface area contributed by atoms with Crippen molar-refractivity contribution in [3.63, 3.8) is 0 Å². The van der Waals surface area contributed by atoms with Crippen molar-refractivity contribution in [3.8, 4) is 0 Å². The van der Waals surface area contributed by atoms with Crippen LogP contribution in [-0.2, 0) is 37.5 Å². The van der Waals surface area contributed by atoms with E-state index < -0.39 is 0 Å². The Morgan fingerprint density at radius 3 is 2.55 bits per heavy atom. The van der Waals surface area contributed by atoms with E-state index in [1.807, 2.05) is 6.92 Å². The van der Waals surface area contributed by atoms with E-state index in [0.29, 0.717) is 5.56 Å². The van der Waals surface area contributed by atoms with E-state index in [-0.39, 0.29) is 84.1 Å². The van der Waals surface area contributed by atoms with E-state index in [4.69, 9.17) is 0 Å². The van der Waals surface area contributed by atoms with Gasteiger partial charge in [0, 0.05) is 32.7 Å². The summed E-state index contributed by atoms with van der Waals surface area (Å²) >= 11 is 0. The molecule has 0 amide bonds. The molecule has 0 saturated heterocycles. The van der Waals surface area contributed by atoms with Crippen LogP contribution in [0.15, 0.2) is 18.2 Å². The quantitative estimate of drug-likeness (QED) is 0.424. The molecule has 0 fully saturated rings. The number of hydrogen-bond acceptors (Lipinski definition) is 1. The predicted octanol–water partition coefficient (Wildman–Crippen LogP) is -1.75. The normalized spacial score (nSPS) is 7.36. The third kappa shape index (κ3) is 5.81.